The van der Waals surface area contributed by atoms with Crippen molar-refractivity contribution in [1.82, 2.24) is 19.9 Å². The summed E-state index contributed by atoms with van der Waals surface area (Å²) in [6.45, 7) is 6.40. The fourth-order valence-corrected chi connectivity index (χ4v) is 3.90. The molecule has 0 unspecified atom stereocenters. The molecule has 0 atom stereocenters. The summed E-state index contributed by atoms with van der Waals surface area (Å²) in [5.74, 6) is 2.43. The van der Waals surface area contributed by atoms with Gasteiger partial charge >= 0.3 is 0 Å². The van der Waals surface area contributed by atoms with Crippen LogP contribution in [0.1, 0.15) is 38.3 Å². The third-order valence-electron chi connectivity index (χ3n) is 5.79. The van der Waals surface area contributed by atoms with E-state index in [0.29, 0.717) is 5.92 Å². The van der Waals surface area contributed by atoms with E-state index < -0.39 is 0 Å². The van der Waals surface area contributed by atoms with Crippen LogP contribution in [0.15, 0.2) is 73.1 Å². The average Bonchev–Trinajstić information content (AvgIpc) is 3.49. The Labute approximate surface area is 182 Å². The summed E-state index contributed by atoms with van der Waals surface area (Å²) in [5, 5.41) is 2.46. The van der Waals surface area contributed by atoms with Crippen LogP contribution in [0.5, 0.6) is 0 Å². The van der Waals surface area contributed by atoms with Crippen LogP contribution in [0.4, 0.5) is 0 Å². The average molecular weight is 407 g/mol. The van der Waals surface area contributed by atoms with Gasteiger partial charge in [-0.3, -0.25) is 0 Å². The zero-order chi connectivity index (χ0) is 21.4. The third-order valence-corrected chi connectivity index (χ3v) is 5.79. The Morgan fingerprint density at radius 1 is 0.677 bits per heavy atom. The maximum Gasteiger partial charge on any atom is 0.109 e. The Kier molecular flexibility index (Phi) is 4.91. The molecular weight excluding hydrogens is 380 g/mol. The van der Waals surface area contributed by atoms with Crippen molar-refractivity contribution in [3.05, 3.63) is 84.7 Å². The number of nitrogens with zero attached hydrogens (tertiary/aromatic N) is 2. The molecule has 0 fully saturated rings. The topological polar surface area (TPSA) is 57.4 Å². The summed E-state index contributed by atoms with van der Waals surface area (Å²) < 4.78 is 0. The van der Waals surface area contributed by atoms with Crippen LogP contribution in [0, 0.1) is 0 Å². The third kappa shape index (κ3) is 3.77. The number of rotatable bonds is 5. The van der Waals surface area contributed by atoms with Crippen LogP contribution in [0.25, 0.3) is 44.4 Å². The Morgan fingerprint density at radius 2 is 1.26 bits per heavy atom. The van der Waals surface area contributed by atoms with Crippen molar-refractivity contribution in [2.24, 2.45) is 0 Å². The summed E-state index contributed by atoms with van der Waals surface area (Å²) in [6, 6.07) is 21.9. The minimum atomic E-state index is 0.394. The van der Waals surface area contributed by atoms with Crippen molar-refractivity contribution in [2.45, 2.75) is 33.1 Å². The standard InChI is InChI=1S/C27H26N4/c1-4-26-28-15-24(30-26)19-7-5-18(6-8-19)20-9-10-22-14-23(12-11-21(22)13-20)25-16-29-27(31-25)17(2)3/h5-17H,4H2,1-3H3,(H,28,30)(H,29,31). The molecule has 0 aliphatic rings. The first-order valence-corrected chi connectivity index (χ1v) is 10.8. The van der Waals surface area contributed by atoms with Gasteiger partial charge in [-0.1, -0.05) is 69.3 Å². The van der Waals surface area contributed by atoms with Crippen LogP contribution in [-0.2, 0) is 6.42 Å². The molecule has 3 aromatic carbocycles. The predicted molar refractivity (Wildman–Crippen MR) is 128 cm³/mol. The number of aromatic amines is 2. The van der Waals surface area contributed by atoms with Gasteiger partial charge in [-0.2, -0.15) is 0 Å². The van der Waals surface area contributed by atoms with Crippen molar-refractivity contribution in [1.29, 1.82) is 0 Å². The molecular formula is C27H26N4. The molecule has 5 rings (SSSR count). The number of fused-ring (bicyclic) bond motifs is 1. The molecule has 2 N–H and O–H groups in total. The van der Waals surface area contributed by atoms with Crippen molar-refractivity contribution >= 4 is 10.8 Å². The zero-order valence-electron chi connectivity index (χ0n) is 18.1. The van der Waals surface area contributed by atoms with Crippen molar-refractivity contribution < 1.29 is 0 Å². The Hall–Kier alpha value is -3.66. The van der Waals surface area contributed by atoms with Crippen LogP contribution in [0.2, 0.25) is 0 Å². The summed E-state index contributed by atoms with van der Waals surface area (Å²) in [5.41, 5.74) is 6.87. The Morgan fingerprint density at radius 3 is 1.90 bits per heavy atom. The van der Waals surface area contributed by atoms with Gasteiger partial charge in [0.1, 0.15) is 11.6 Å². The van der Waals surface area contributed by atoms with E-state index in [2.05, 4.69) is 101 Å². The first kappa shape index (κ1) is 19.3. The van der Waals surface area contributed by atoms with Gasteiger partial charge in [0.25, 0.3) is 0 Å². The predicted octanol–water partition coefficient (Wildman–Crippen LogP) is 6.97. The first-order chi connectivity index (χ1) is 15.1. The monoisotopic (exact) mass is 406 g/mol. The van der Waals surface area contributed by atoms with Crippen LogP contribution < -0.4 is 0 Å². The molecule has 31 heavy (non-hydrogen) atoms. The van der Waals surface area contributed by atoms with E-state index in [1.165, 1.54) is 21.9 Å². The highest BCUT2D eigenvalue weighted by molar-refractivity contribution is 5.90. The lowest BCUT2D eigenvalue weighted by Crippen LogP contribution is -1.89. The Balaban J connectivity index is 1.43. The van der Waals surface area contributed by atoms with Gasteiger partial charge in [0.15, 0.2) is 0 Å². The van der Waals surface area contributed by atoms with E-state index in [-0.39, 0.29) is 0 Å². The SMILES string of the molecule is CCc1ncc(-c2ccc(-c3ccc4cc(-c5cnc(C(C)C)[nH]5)ccc4c3)cc2)[nH]1. The summed E-state index contributed by atoms with van der Waals surface area (Å²) in [6.07, 6.45) is 4.75. The summed E-state index contributed by atoms with van der Waals surface area (Å²) in [7, 11) is 0. The molecule has 0 aliphatic heterocycles. The quantitative estimate of drug-likeness (QED) is 0.331. The van der Waals surface area contributed by atoms with Gasteiger partial charge in [0.2, 0.25) is 0 Å². The molecule has 0 spiro atoms. The van der Waals surface area contributed by atoms with Crippen molar-refractivity contribution in [3.8, 4) is 33.6 Å². The Bertz CT molecular complexity index is 1340. The van der Waals surface area contributed by atoms with Gasteiger partial charge < -0.3 is 9.97 Å². The van der Waals surface area contributed by atoms with Crippen LogP contribution in [0.3, 0.4) is 0 Å². The van der Waals surface area contributed by atoms with E-state index in [9.17, 15) is 0 Å². The van der Waals surface area contributed by atoms with Gasteiger partial charge in [-0.05, 0) is 39.6 Å². The van der Waals surface area contributed by atoms with E-state index in [1.807, 2.05) is 12.4 Å². The lowest BCUT2D eigenvalue weighted by molar-refractivity contribution is 0.795. The number of H-pyrrole nitrogens is 2. The molecule has 4 nitrogen and oxygen atoms in total. The lowest BCUT2D eigenvalue weighted by atomic mass is 9.98. The second-order valence-electron chi connectivity index (χ2n) is 8.29. The second kappa shape index (κ2) is 7.88. The normalized spacial score (nSPS) is 11.5. The number of hydrogen-bond donors (Lipinski definition) is 2. The summed E-state index contributed by atoms with van der Waals surface area (Å²) >= 11 is 0. The highest BCUT2D eigenvalue weighted by Gasteiger charge is 2.08. The fraction of sp³-hybridized carbons (Fsp3) is 0.185. The van der Waals surface area contributed by atoms with E-state index in [4.69, 9.17) is 0 Å². The zero-order valence-corrected chi connectivity index (χ0v) is 18.1. The second-order valence-corrected chi connectivity index (χ2v) is 8.29. The van der Waals surface area contributed by atoms with Crippen LogP contribution in [-0.4, -0.2) is 19.9 Å². The number of aryl methyl sites for hydroxylation is 1. The van der Waals surface area contributed by atoms with Gasteiger partial charge in [0.05, 0.1) is 23.8 Å². The molecule has 0 bridgehead atoms. The number of imidazole rings is 2. The molecule has 5 aromatic rings. The molecule has 154 valence electrons. The van der Waals surface area contributed by atoms with E-state index in [1.54, 1.807) is 0 Å². The maximum atomic E-state index is 4.50. The van der Waals surface area contributed by atoms with Crippen LogP contribution >= 0.6 is 0 Å². The number of hydrogen-bond acceptors (Lipinski definition) is 2. The molecule has 0 saturated heterocycles. The number of nitrogens with one attached hydrogen (secondary N) is 2. The maximum absolute atomic E-state index is 4.50. The van der Waals surface area contributed by atoms with E-state index >= 15 is 0 Å². The van der Waals surface area contributed by atoms with Gasteiger partial charge in [0, 0.05) is 17.9 Å². The lowest BCUT2D eigenvalue weighted by Gasteiger charge is -2.07. The fourth-order valence-electron chi connectivity index (χ4n) is 3.90. The molecule has 0 radical (unpaired) electrons. The van der Waals surface area contributed by atoms with E-state index in [0.717, 1.165) is 40.6 Å². The minimum Gasteiger partial charge on any atom is -0.342 e. The molecule has 0 saturated carbocycles. The molecule has 2 heterocycles. The number of benzene rings is 3. The summed E-state index contributed by atoms with van der Waals surface area (Å²) in [4.78, 5) is 15.7. The van der Waals surface area contributed by atoms with Gasteiger partial charge in [-0.25, -0.2) is 9.97 Å². The highest BCUT2D eigenvalue weighted by atomic mass is 14.9. The first-order valence-electron chi connectivity index (χ1n) is 10.8. The molecule has 2 aromatic heterocycles. The molecule has 0 amide bonds. The minimum absolute atomic E-state index is 0.394. The molecule has 4 heteroatoms. The smallest absolute Gasteiger partial charge is 0.109 e. The van der Waals surface area contributed by atoms with Crippen molar-refractivity contribution in [2.75, 3.05) is 0 Å². The number of aromatic nitrogens is 4. The highest BCUT2D eigenvalue weighted by Crippen LogP contribution is 2.29. The van der Waals surface area contributed by atoms with Gasteiger partial charge in [-0.15, -0.1) is 0 Å². The van der Waals surface area contributed by atoms with Crippen molar-refractivity contribution in [3.63, 3.8) is 0 Å². The molecule has 0 aliphatic carbocycles. The largest absolute Gasteiger partial charge is 0.342 e.